The Morgan fingerprint density at radius 2 is 2.10 bits per heavy atom. The van der Waals surface area contributed by atoms with Gasteiger partial charge >= 0.3 is 6.61 Å². The van der Waals surface area contributed by atoms with Crippen LogP contribution >= 0.6 is 23.4 Å². The standard InChI is InChI=1S/C13H16ClF2NO2S/c1-13(2,3)20-7-11(18)17-8-4-5-10(9(14)6-8)19-12(15)16/h4-6,12H,7H2,1-3H3,(H,17,18). The number of nitrogens with one attached hydrogen (secondary N) is 1. The van der Waals surface area contributed by atoms with Gasteiger partial charge in [-0.1, -0.05) is 32.4 Å². The fourth-order valence-electron chi connectivity index (χ4n) is 1.25. The van der Waals surface area contributed by atoms with Crippen LogP contribution in [0.3, 0.4) is 0 Å². The molecule has 7 heteroatoms. The SMILES string of the molecule is CC(C)(C)SCC(=O)Nc1ccc(OC(F)F)c(Cl)c1. The summed E-state index contributed by atoms with van der Waals surface area (Å²) in [6, 6.07) is 4.13. The van der Waals surface area contributed by atoms with Gasteiger partial charge in [0.2, 0.25) is 5.91 Å². The molecule has 0 radical (unpaired) electrons. The molecule has 1 N–H and O–H groups in total. The van der Waals surface area contributed by atoms with E-state index in [0.717, 1.165) is 0 Å². The number of carbonyl (C=O) groups is 1. The molecule has 112 valence electrons. The number of thioether (sulfide) groups is 1. The molecule has 0 aliphatic rings. The summed E-state index contributed by atoms with van der Waals surface area (Å²) >= 11 is 7.30. The molecule has 0 saturated heterocycles. The average molecular weight is 324 g/mol. The van der Waals surface area contributed by atoms with Crippen molar-refractivity contribution in [2.45, 2.75) is 32.1 Å². The van der Waals surface area contributed by atoms with Crippen LogP contribution in [-0.2, 0) is 4.79 Å². The predicted octanol–water partition coefficient (Wildman–Crippen LogP) is 4.41. The maximum atomic E-state index is 12.1. The number of hydrogen-bond acceptors (Lipinski definition) is 3. The number of rotatable bonds is 5. The van der Waals surface area contributed by atoms with Gasteiger partial charge in [0.25, 0.3) is 0 Å². The van der Waals surface area contributed by atoms with Gasteiger partial charge in [-0.2, -0.15) is 8.78 Å². The third kappa shape index (κ3) is 6.43. The largest absolute Gasteiger partial charge is 0.433 e. The monoisotopic (exact) mass is 323 g/mol. The van der Waals surface area contributed by atoms with Gasteiger partial charge in [0.05, 0.1) is 10.8 Å². The summed E-state index contributed by atoms with van der Waals surface area (Å²) in [4.78, 5) is 11.7. The molecule has 0 aromatic heterocycles. The quantitative estimate of drug-likeness (QED) is 0.872. The van der Waals surface area contributed by atoms with E-state index in [1.54, 1.807) is 0 Å². The summed E-state index contributed by atoms with van der Waals surface area (Å²) in [5, 5.41) is 2.67. The van der Waals surface area contributed by atoms with Crippen LogP contribution in [0, 0.1) is 0 Å². The van der Waals surface area contributed by atoms with Crippen LogP contribution in [0.25, 0.3) is 0 Å². The zero-order chi connectivity index (χ0) is 15.3. The maximum absolute atomic E-state index is 12.1. The van der Waals surface area contributed by atoms with Gasteiger partial charge in [0, 0.05) is 10.4 Å². The van der Waals surface area contributed by atoms with E-state index in [1.807, 2.05) is 20.8 Å². The highest BCUT2D eigenvalue weighted by atomic mass is 35.5. The van der Waals surface area contributed by atoms with Crippen molar-refractivity contribution in [2.75, 3.05) is 11.1 Å². The minimum absolute atomic E-state index is 0.00997. The van der Waals surface area contributed by atoms with Crippen molar-refractivity contribution in [1.82, 2.24) is 0 Å². The molecule has 1 aromatic rings. The van der Waals surface area contributed by atoms with Gasteiger partial charge < -0.3 is 10.1 Å². The number of halogens is 3. The first-order valence-electron chi connectivity index (χ1n) is 5.85. The Bertz CT molecular complexity index is 478. The van der Waals surface area contributed by atoms with Crippen LogP contribution in [0.2, 0.25) is 5.02 Å². The van der Waals surface area contributed by atoms with Gasteiger partial charge in [-0.15, -0.1) is 11.8 Å². The lowest BCUT2D eigenvalue weighted by molar-refractivity contribution is -0.113. The summed E-state index contributed by atoms with van der Waals surface area (Å²) in [6.07, 6.45) is 0. The van der Waals surface area contributed by atoms with Crippen LogP contribution in [0.1, 0.15) is 20.8 Å². The van der Waals surface area contributed by atoms with Gasteiger partial charge in [-0.25, -0.2) is 0 Å². The number of ether oxygens (including phenoxy) is 1. The minimum atomic E-state index is -2.93. The van der Waals surface area contributed by atoms with Crippen LogP contribution in [0.15, 0.2) is 18.2 Å². The van der Waals surface area contributed by atoms with E-state index in [-0.39, 0.29) is 21.4 Å². The Morgan fingerprint density at radius 3 is 2.60 bits per heavy atom. The second kappa shape index (κ2) is 7.13. The van der Waals surface area contributed by atoms with E-state index in [9.17, 15) is 13.6 Å². The van der Waals surface area contributed by atoms with E-state index < -0.39 is 6.61 Å². The summed E-state index contributed by atoms with van der Waals surface area (Å²) in [6.45, 7) is 3.10. The number of carbonyl (C=O) groups excluding carboxylic acids is 1. The Balaban J connectivity index is 2.60. The summed E-state index contributed by atoms with van der Waals surface area (Å²) in [7, 11) is 0. The molecule has 0 aliphatic carbocycles. The fourth-order valence-corrected chi connectivity index (χ4v) is 2.11. The molecule has 20 heavy (non-hydrogen) atoms. The molecule has 0 unspecified atom stereocenters. The molecule has 1 aromatic carbocycles. The zero-order valence-corrected chi connectivity index (χ0v) is 12.9. The number of amides is 1. The van der Waals surface area contributed by atoms with E-state index in [0.29, 0.717) is 11.4 Å². The molecule has 0 saturated carbocycles. The van der Waals surface area contributed by atoms with Crippen molar-refractivity contribution in [3.05, 3.63) is 23.2 Å². The van der Waals surface area contributed by atoms with E-state index >= 15 is 0 Å². The van der Waals surface area contributed by atoms with Crippen molar-refractivity contribution in [3.8, 4) is 5.75 Å². The number of benzene rings is 1. The third-order valence-electron chi connectivity index (χ3n) is 2.07. The van der Waals surface area contributed by atoms with Crippen LogP contribution < -0.4 is 10.1 Å². The van der Waals surface area contributed by atoms with Crippen molar-refractivity contribution in [1.29, 1.82) is 0 Å². The molecule has 0 atom stereocenters. The molecule has 3 nitrogen and oxygen atoms in total. The minimum Gasteiger partial charge on any atom is -0.433 e. The normalized spacial score (nSPS) is 11.6. The average Bonchev–Trinajstić information content (AvgIpc) is 2.29. The molecular weight excluding hydrogens is 308 g/mol. The second-order valence-corrected chi connectivity index (χ2v) is 7.18. The lowest BCUT2D eigenvalue weighted by atomic mass is 10.3. The smallest absolute Gasteiger partial charge is 0.387 e. The lowest BCUT2D eigenvalue weighted by Crippen LogP contribution is -2.18. The molecule has 0 heterocycles. The highest BCUT2D eigenvalue weighted by Gasteiger charge is 2.14. The van der Waals surface area contributed by atoms with Crippen molar-refractivity contribution in [2.24, 2.45) is 0 Å². The third-order valence-corrected chi connectivity index (χ3v) is 3.64. The van der Waals surface area contributed by atoms with Crippen molar-refractivity contribution < 1.29 is 18.3 Å². The first kappa shape index (κ1) is 17.0. The number of alkyl halides is 2. The topological polar surface area (TPSA) is 38.3 Å². The van der Waals surface area contributed by atoms with Crippen LogP contribution in [0.5, 0.6) is 5.75 Å². The van der Waals surface area contributed by atoms with Crippen LogP contribution in [0.4, 0.5) is 14.5 Å². The molecule has 0 aliphatic heterocycles. The van der Waals surface area contributed by atoms with Crippen molar-refractivity contribution in [3.63, 3.8) is 0 Å². The molecular formula is C13H16ClF2NO2S. The molecule has 1 rings (SSSR count). The number of hydrogen-bond donors (Lipinski definition) is 1. The summed E-state index contributed by atoms with van der Waals surface area (Å²) in [5.74, 6) is 0.00315. The van der Waals surface area contributed by atoms with Gasteiger partial charge in [0.15, 0.2) is 0 Å². The summed E-state index contributed by atoms with van der Waals surface area (Å²) in [5.41, 5.74) is 0.441. The van der Waals surface area contributed by atoms with Crippen LogP contribution in [-0.4, -0.2) is 23.0 Å². The van der Waals surface area contributed by atoms with E-state index in [4.69, 9.17) is 11.6 Å². The Kier molecular flexibility index (Phi) is 6.07. The van der Waals surface area contributed by atoms with E-state index in [2.05, 4.69) is 10.1 Å². The Morgan fingerprint density at radius 1 is 1.45 bits per heavy atom. The lowest BCUT2D eigenvalue weighted by Gasteiger charge is -2.17. The van der Waals surface area contributed by atoms with E-state index in [1.165, 1.54) is 30.0 Å². The van der Waals surface area contributed by atoms with Crippen molar-refractivity contribution >= 4 is 35.0 Å². The van der Waals surface area contributed by atoms with Gasteiger partial charge in [-0.3, -0.25) is 4.79 Å². The molecule has 0 bridgehead atoms. The maximum Gasteiger partial charge on any atom is 0.387 e. The highest BCUT2D eigenvalue weighted by molar-refractivity contribution is 8.01. The first-order chi connectivity index (χ1) is 9.17. The summed E-state index contributed by atoms with van der Waals surface area (Å²) < 4.78 is 28.3. The molecule has 0 spiro atoms. The molecule has 1 amide bonds. The first-order valence-corrected chi connectivity index (χ1v) is 7.22. The second-order valence-electron chi connectivity index (χ2n) is 4.97. The highest BCUT2D eigenvalue weighted by Crippen LogP contribution is 2.29. The Labute approximate surface area is 126 Å². The zero-order valence-electron chi connectivity index (χ0n) is 11.4. The fraction of sp³-hybridized carbons (Fsp3) is 0.462. The predicted molar refractivity (Wildman–Crippen MR) is 78.9 cm³/mol. The van der Waals surface area contributed by atoms with Gasteiger partial charge in [-0.05, 0) is 18.2 Å². The molecule has 0 fully saturated rings. The Hall–Kier alpha value is -1.01. The van der Waals surface area contributed by atoms with Gasteiger partial charge in [0.1, 0.15) is 5.75 Å². The number of anilines is 1.